The molecular weight excluding hydrogens is 238 g/mol. The molecule has 0 radical (unpaired) electrons. The van der Waals surface area contributed by atoms with Gasteiger partial charge < -0.3 is 4.74 Å². The van der Waals surface area contributed by atoms with Crippen LogP contribution in [-0.2, 0) is 6.73 Å². The zero-order chi connectivity index (χ0) is 11.7. The molecule has 0 atom stereocenters. The summed E-state index contributed by atoms with van der Waals surface area (Å²) in [5, 5.41) is 7.17. The number of nitrogens with zero attached hydrogens (tertiary/aromatic N) is 2. The molecule has 0 aliphatic rings. The van der Waals surface area contributed by atoms with Crippen LogP contribution in [0.3, 0.4) is 0 Å². The van der Waals surface area contributed by atoms with Gasteiger partial charge in [0.25, 0.3) is 5.56 Å². The Morgan fingerprint density at radius 2 is 2.24 bits per heavy atom. The second kappa shape index (κ2) is 4.06. The number of fused-ring (bicyclic) bond motifs is 1. The predicted molar refractivity (Wildman–Crippen MR) is 65.3 cm³/mol. The summed E-state index contributed by atoms with van der Waals surface area (Å²) in [6.45, 7) is 0.195. The van der Waals surface area contributed by atoms with Crippen molar-refractivity contribution in [3.63, 3.8) is 0 Å². The Bertz CT molecular complexity index is 684. The average molecular weight is 247 g/mol. The summed E-state index contributed by atoms with van der Waals surface area (Å²) < 4.78 is 7.94. The molecule has 0 aliphatic carbocycles. The van der Waals surface area contributed by atoms with Gasteiger partial charge in [-0.3, -0.25) is 4.79 Å². The molecule has 6 heteroatoms. The Labute approximate surface area is 100 Å². The highest BCUT2D eigenvalue weighted by Crippen LogP contribution is 2.16. The Balaban J connectivity index is 1.90. The summed E-state index contributed by atoms with van der Waals surface area (Å²) >= 11 is 1.39. The number of rotatable bonds is 3. The van der Waals surface area contributed by atoms with Crippen LogP contribution in [0.1, 0.15) is 0 Å². The topological polar surface area (TPSA) is 59.9 Å². The van der Waals surface area contributed by atoms with Gasteiger partial charge in [-0.15, -0.1) is 0 Å². The molecule has 0 bridgehead atoms. The monoisotopic (exact) mass is 247 g/mol. The van der Waals surface area contributed by atoms with Crippen LogP contribution < -0.4 is 10.3 Å². The summed E-state index contributed by atoms with van der Waals surface area (Å²) in [6.07, 6.45) is 1.60. The van der Waals surface area contributed by atoms with Gasteiger partial charge in [0.05, 0.1) is 16.3 Å². The molecule has 1 aromatic carbocycles. The van der Waals surface area contributed by atoms with Gasteiger partial charge in [0.1, 0.15) is 0 Å². The van der Waals surface area contributed by atoms with Crippen LogP contribution in [0, 0.1) is 0 Å². The van der Waals surface area contributed by atoms with E-state index in [2.05, 4.69) is 10.2 Å². The van der Waals surface area contributed by atoms with Gasteiger partial charge in [-0.05, 0) is 12.1 Å². The van der Waals surface area contributed by atoms with Crippen molar-refractivity contribution in [2.24, 2.45) is 0 Å². The maximum atomic E-state index is 12.0. The third-order valence-electron chi connectivity index (χ3n) is 2.37. The third-order valence-corrected chi connectivity index (χ3v) is 3.41. The van der Waals surface area contributed by atoms with Crippen molar-refractivity contribution >= 4 is 21.6 Å². The Kier molecular flexibility index (Phi) is 2.41. The molecule has 0 aliphatic heterocycles. The van der Waals surface area contributed by atoms with Gasteiger partial charge in [0.2, 0.25) is 5.88 Å². The minimum Gasteiger partial charge on any atom is -0.455 e. The van der Waals surface area contributed by atoms with Crippen molar-refractivity contribution in [2.45, 2.75) is 6.73 Å². The fourth-order valence-electron chi connectivity index (χ4n) is 1.55. The largest absolute Gasteiger partial charge is 0.455 e. The molecule has 0 saturated carbocycles. The van der Waals surface area contributed by atoms with E-state index in [9.17, 15) is 4.79 Å². The SMILES string of the molecule is O=c1c2ccccc2sn1COc1ccn[nH]1. The van der Waals surface area contributed by atoms with E-state index < -0.39 is 0 Å². The highest BCUT2D eigenvalue weighted by molar-refractivity contribution is 7.13. The van der Waals surface area contributed by atoms with Crippen LogP contribution in [0.15, 0.2) is 41.3 Å². The number of H-pyrrole nitrogens is 1. The molecule has 0 amide bonds. The van der Waals surface area contributed by atoms with Crippen LogP contribution in [0.2, 0.25) is 0 Å². The van der Waals surface area contributed by atoms with Gasteiger partial charge in [0.15, 0.2) is 6.73 Å². The van der Waals surface area contributed by atoms with E-state index in [0.29, 0.717) is 5.88 Å². The maximum Gasteiger partial charge on any atom is 0.271 e. The lowest BCUT2D eigenvalue weighted by molar-refractivity contribution is 0.235. The number of ether oxygens (including phenoxy) is 1. The fraction of sp³-hybridized carbons (Fsp3) is 0.0909. The molecule has 3 rings (SSSR count). The Morgan fingerprint density at radius 1 is 1.35 bits per heavy atom. The lowest BCUT2D eigenvalue weighted by Crippen LogP contribution is -2.16. The van der Waals surface area contributed by atoms with Crippen LogP contribution in [0.4, 0.5) is 0 Å². The van der Waals surface area contributed by atoms with Crippen molar-refractivity contribution in [1.29, 1.82) is 0 Å². The minimum absolute atomic E-state index is 0.0230. The van der Waals surface area contributed by atoms with Gasteiger partial charge in [0, 0.05) is 6.07 Å². The number of nitrogens with one attached hydrogen (secondary N) is 1. The van der Waals surface area contributed by atoms with Gasteiger partial charge in [-0.2, -0.15) is 5.10 Å². The smallest absolute Gasteiger partial charge is 0.271 e. The van der Waals surface area contributed by atoms with Crippen molar-refractivity contribution in [1.82, 2.24) is 14.2 Å². The summed E-state index contributed by atoms with van der Waals surface area (Å²) in [7, 11) is 0. The van der Waals surface area contributed by atoms with E-state index in [4.69, 9.17) is 4.74 Å². The molecule has 2 heterocycles. The molecule has 17 heavy (non-hydrogen) atoms. The average Bonchev–Trinajstić information content (AvgIpc) is 2.96. The zero-order valence-corrected chi connectivity index (χ0v) is 9.61. The minimum atomic E-state index is -0.0230. The number of hydrogen-bond donors (Lipinski definition) is 1. The van der Waals surface area contributed by atoms with E-state index >= 15 is 0 Å². The molecule has 0 fully saturated rings. The van der Waals surface area contributed by atoms with Crippen LogP contribution in [-0.4, -0.2) is 14.2 Å². The quantitative estimate of drug-likeness (QED) is 0.768. The van der Waals surface area contributed by atoms with Crippen LogP contribution in [0.25, 0.3) is 10.1 Å². The number of hydrogen-bond acceptors (Lipinski definition) is 4. The molecule has 3 aromatic rings. The lowest BCUT2D eigenvalue weighted by Gasteiger charge is -2.01. The first kappa shape index (κ1) is 10.1. The standard InChI is InChI=1S/C11H9N3O2S/c15-11-8-3-1-2-4-9(8)17-14(11)7-16-10-5-6-12-13-10/h1-6H,7H2,(H,12,13). The molecule has 1 N–H and O–H groups in total. The van der Waals surface area contributed by atoms with Crippen molar-refractivity contribution in [2.75, 3.05) is 0 Å². The summed E-state index contributed by atoms with van der Waals surface area (Å²) in [5.74, 6) is 0.550. The van der Waals surface area contributed by atoms with Gasteiger partial charge in [-0.25, -0.2) is 9.06 Å². The highest BCUT2D eigenvalue weighted by Gasteiger charge is 2.06. The first-order valence-corrected chi connectivity index (χ1v) is 5.83. The van der Waals surface area contributed by atoms with Crippen LogP contribution >= 0.6 is 11.5 Å². The predicted octanol–water partition coefficient (Wildman–Crippen LogP) is 1.82. The molecule has 0 saturated heterocycles. The Hall–Kier alpha value is -2.08. The lowest BCUT2D eigenvalue weighted by atomic mass is 10.3. The molecule has 0 unspecified atom stereocenters. The summed E-state index contributed by atoms with van der Waals surface area (Å²) in [4.78, 5) is 12.0. The van der Waals surface area contributed by atoms with Gasteiger partial charge in [-0.1, -0.05) is 23.7 Å². The van der Waals surface area contributed by atoms with E-state index in [1.165, 1.54) is 11.5 Å². The van der Waals surface area contributed by atoms with Gasteiger partial charge >= 0.3 is 0 Å². The van der Waals surface area contributed by atoms with E-state index in [0.717, 1.165) is 10.1 Å². The number of aromatic amines is 1. The number of benzene rings is 1. The van der Waals surface area contributed by atoms with Crippen molar-refractivity contribution < 1.29 is 4.74 Å². The summed E-state index contributed by atoms with van der Waals surface area (Å²) in [6, 6.07) is 9.22. The first-order valence-electron chi connectivity index (χ1n) is 5.05. The molecular formula is C11H9N3O2S. The second-order valence-corrected chi connectivity index (χ2v) is 4.53. The third kappa shape index (κ3) is 1.83. The molecule has 5 nitrogen and oxygen atoms in total. The van der Waals surface area contributed by atoms with E-state index in [-0.39, 0.29) is 12.3 Å². The maximum absolute atomic E-state index is 12.0. The van der Waals surface area contributed by atoms with Crippen molar-refractivity contribution in [3.05, 3.63) is 46.9 Å². The van der Waals surface area contributed by atoms with Crippen LogP contribution in [0.5, 0.6) is 5.88 Å². The fourth-order valence-corrected chi connectivity index (χ4v) is 2.47. The normalized spacial score (nSPS) is 10.8. The molecule has 0 spiro atoms. The first-order chi connectivity index (χ1) is 8.34. The summed E-state index contributed by atoms with van der Waals surface area (Å²) in [5.41, 5.74) is -0.0230. The molecule has 2 aromatic heterocycles. The second-order valence-electron chi connectivity index (χ2n) is 3.47. The zero-order valence-electron chi connectivity index (χ0n) is 8.79. The van der Waals surface area contributed by atoms with E-state index in [1.807, 2.05) is 24.3 Å². The molecule has 86 valence electrons. The van der Waals surface area contributed by atoms with Crippen molar-refractivity contribution in [3.8, 4) is 5.88 Å². The number of aromatic nitrogens is 3. The highest BCUT2D eigenvalue weighted by atomic mass is 32.1. The van der Waals surface area contributed by atoms with E-state index in [1.54, 1.807) is 16.2 Å². The Morgan fingerprint density at radius 3 is 3.00 bits per heavy atom.